The second-order valence-corrected chi connectivity index (χ2v) is 8.19. The van der Waals surface area contributed by atoms with E-state index in [9.17, 15) is 4.79 Å². The zero-order chi connectivity index (χ0) is 18.9. The highest BCUT2D eigenvalue weighted by Crippen LogP contribution is 2.42. The minimum absolute atomic E-state index is 0.140. The summed E-state index contributed by atoms with van der Waals surface area (Å²) in [5.41, 5.74) is 1.78. The largest absolute Gasteiger partial charge is 0.491 e. The first-order valence-electron chi connectivity index (χ1n) is 10.1. The first kappa shape index (κ1) is 18.1. The van der Waals surface area contributed by atoms with E-state index in [1.54, 1.807) is 0 Å². The van der Waals surface area contributed by atoms with Crippen molar-refractivity contribution >= 4 is 5.91 Å². The molecule has 0 bridgehead atoms. The lowest BCUT2D eigenvalue weighted by Crippen LogP contribution is -2.42. The Hall–Kier alpha value is -2.30. The maximum atomic E-state index is 13.3. The lowest BCUT2D eigenvalue weighted by Gasteiger charge is -2.28. The van der Waals surface area contributed by atoms with Crippen LogP contribution in [0.4, 0.5) is 0 Å². The summed E-state index contributed by atoms with van der Waals surface area (Å²) >= 11 is 0. The summed E-state index contributed by atoms with van der Waals surface area (Å²) in [5.74, 6) is 0.997. The van der Waals surface area contributed by atoms with E-state index in [2.05, 4.69) is 27.0 Å². The van der Waals surface area contributed by atoms with Crippen LogP contribution in [0.3, 0.4) is 0 Å². The van der Waals surface area contributed by atoms with E-state index in [4.69, 9.17) is 4.74 Å². The maximum absolute atomic E-state index is 13.3. The van der Waals surface area contributed by atoms with E-state index in [1.165, 1.54) is 12.8 Å². The lowest BCUT2D eigenvalue weighted by atomic mass is 9.78. The van der Waals surface area contributed by atoms with Crippen LogP contribution in [0.1, 0.15) is 69.7 Å². The lowest BCUT2D eigenvalue weighted by molar-refractivity contribution is -0.126. The highest BCUT2D eigenvalue weighted by molar-refractivity contribution is 5.88. The fourth-order valence-electron chi connectivity index (χ4n) is 4.24. The van der Waals surface area contributed by atoms with E-state index in [0.29, 0.717) is 12.6 Å². The number of nitrogens with zero attached hydrogens (tertiary/aromatic N) is 2. The third-order valence-corrected chi connectivity index (χ3v) is 5.79. The number of carbonyl (C=O) groups is 1. The van der Waals surface area contributed by atoms with Crippen molar-refractivity contribution in [2.45, 2.75) is 76.5 Å². The van der Waals surface area contributed by atoms with Crippen LogP contribution in [0.5, 0.6) is 5.75 Å². The number of carbonyl (C=O) groups excluding carboxylic acids is 1. The summed E-state index contributed by atoms with van der Waals surface area (Å²) < 4.78 is 7.96. The third-order valence-electron chi connectivity index (χ3n) is 5.79. The van der Waals surface area contributed by atoms with Crippen LogP contribution in [0, 0.1) is 0 Å². The van der Waals surface area contributed by atoms with Gasteiger partial charge in [-0.25, -0.2) is 4.98 Å². The molecule has 2 saturated carbocycles. The summed E-state index contributed by atoms with van der Waals surface area (Å²) in [5, 5.41) is 3.21. The summed E-state index contributed by atoms with van der Waals surface area (Å²) in [4.78, 5) is 17.5. The summed E-state index contributed by atoms with van der Waals surface area (Å²) in [7, 11) is 0. The van der Waals surface area contributed by atoms with Gasteiger partial charge in [0.15, 0.2) is 0 Å². The van der Waals surface area contributed by atoms with Gasteiger partial charge in [0.1, 0.15) is 5.75 Å². The number of benzene rings is 1. The molecule has 1 amide bonds. The minimum atomic E-state index is -0.416. The number of hydrogen-bond acceptors (Lipinski definition) is 3. The van der Waals surface area contributed by atoms with Gasteiger partial charge in [-0.1, -0.05) is 25.0 Å². The fraction of sp³-hybridized carbons (Fsp3) is 0.545. The second kappa shape index (κ2) is 7.37. The van der Waals surface area contributed by atoms with E-state index in [-0.39, 0.29) is 12.0 Å². The molecule has 27 heavy (non-hydrogen) atoms. The standard InChI is InChI=1S/C22H29N3O2/c1-16(2)27-20-9-5-17(6-10-20)22(11-3-4-12-22)21(26)24-14-19-13-23-15-25(19)18-7-8-18/h5-6,9-10,13,15-16,18H,3-4,7-8,11-12,14H2,1-2H3,(H,24,26). The zero-order valence-electron chi connectivity index (χ0n) is 16.3. The van der Waals surface area contributed by atoms with Crippen LogP contribution in [-0.4, -0.2) is 21.6 Å². The van der Waals surface area contributed by atoms with Crippen molar-refractivity contribution in [2.24, 2.45) is 0 Å². The molecule has 2 aliphatic rings. The fourth-order valence-corrected chi connectivity index (χ4v) is 4.24. The Bertz CT molecular complexity index is 784. The molecule has 0 aliphatic heterocycles. The van der Waals surface area contributed by atoms with E-state index < -0.39 is 5.41 Å². The molecule has 4 rings (SSSR count). The van der Waals surface area contributed by atoms with Gasteiger partial charge in [-0.05, 0) is 57.2 Å². The Balaban J connectivity index is 1.49. The maximum Gasteiger partial charge on any atom is 0.230 e. The molecule has 144 valence electrons. The molecule has 5 nitrogen and oxygen atoms in total. The average Bonchev–Trinajstić information content (AvgIpc) is 3.19. The van der Waals surface area contributed by atoms with Crippen LogP contribution in [0.2, 0.25) is 0 Å². The predicted octanol–water partition coefficient (Wildman–Crippen LogP) is 4.13. The van der Waals surface area contributed by atoms with Crippen LogP contribution in [-0.2, 0) is 16.8 Å². The van der Waals surface area contributed by atoms with Crippen molar-refractivity contribution in [3.05, 3.63) is 48.0 Å². The minimum Gasteiger partial charge on any atom is -0.491 e. The van der Waals surface area contributed by atoms with Crippen LogP contribution in [0.25, 0.3) is 0 Å². The summed E-state index contributed by atoms with van der Waals surface area (Å²) in [6, 6.07) is 8.69. The van der Waals surface area contributed by atoms with Gasteiger partial charge in [0, 0.05) is 12.2 Å². The first-order chi connectivity index (χ1) is 13.1. The highest BCUT2D eigenvalue weighted by Gasteiger charge is 2.42. The molecular formula is C22H29N3O2. The van der Waals surface area contributed by atoms with Gasteiger partial charge in [0.05, 0.1) is 30.1 Å². The van der Waals surface area contributed by atoms with Gasteiger partial charge in [-0.3, -0.25) is 4.79 Å². The average molecular weight is 367 g/mol. The monoisotopic (exact) mass is 367 g/mol. The van der Waals surface area contributed by atoms with Crippen LogP contribution >= 0.6 is 0 Å². The predicted molar refractivity (Wildman–Crippen MR) is 105 cm³/mol. The van der Waals surface area contributed by atoms with Gasteiger partial charge in [0.25, 0.3) is 0 Å². The summed E-state index contributed by atoms with van der Waals surface area (Å²) in [6.07, 6.45) is 10.3. The Morgan fingerprint density at radius 3 is 2.59 bits per heavy atom. The van der Waals surface area contributed by atoms with Gasteiger partial charge in [-0.15, -0.1) is 0 Å². The number of amides is 1. The van der Waals surface area contributed by atoms with Gasteiger partial charge in [-0.2, -0.15) is 0 Å². The molecule has 0 spiro atoms. The van der Waals surface area contributed by atoms with Crippen molar-refractivity contribution in [3.63, 3.8) is 0 Å². The van der Waals surface area contributed by atoms with Crippen LogP contribution < -0.4 is 10.1 Å². The number of imidazole rings is 1. The molecule has 5 heteroatoms. The van der Waals surface area contributed by atoms with E-state index >= 15 is 0 Å². The molecule has 0 radical (unpaired) electrons. The molecule has 2 aromatic rings. The molecule has 1 aromatic heterocycles. The molecule has 2 aliphatic carbocycles. The van der Waals surface area contributed by atoms with Crippen molar-refractivity contribution in [1.29, 1.82) is 0 Å². The Kier molecular flexibility index (Phi) is 4.94. The molecule has 1 N–H and O–H groups in total. The van der Waals surface area contributed by atoms with Crippen LogP contribution in [0.15, 0.2) is 36.8 Å². The van der Waals surface area contributed by atoms with Crippen molar-refractivity contribution in [3.8, 4) is 5.75 Å². The van der Waals surface area contributed by atoms with Crippen molar-refractivity contribution in [1.82, 2.24) is 14.9 Å². The molecule has 0 saturated heterocycles. The van der Waals surface area contributed by atoms with Gasteiger partial charge >= 0.3 is 0 Å². The molecule has 0 unspecified atom stereocenters. The van der Waals surface area contributed by atoms with E-state index in [1.807, 2.05) is 38.5 Å². The quantitative estimate of drug-likeness (QED) is 0.800. The smallest absolute Gasteiger partial charge is 0.230 e. The highest BCUT2D eigenvalue weighted by atomic mass is 16.5. The Morgan fingerprint density at radius 2 is 1.96 bits per heavy atom. The molecular weight excluding hydrogens is 338 g/mol. The van der Waals surface area contributed by atoms with Crippen molar-refractivity contribution in [2.75, 3.05) is 0 Å². The Labute approximate surface area is 161 Å². The number of rotatable bonds is 7. The number of ether oxygens (including phenoxy) is 1. The zero-order valence-corrected chi connectivity index (χ0v) is 16.3. The molecule has 1 aromatic carbocycles. The molecule has 2 fully saturated rings. The topological polar surface area (TPSA) is 56.1 Å². The normalized spacial score (nSPS) is 18.6. The molecule has 1 heterocycles. The van der Waals surface area contributed by atoms with Gasteiger partial charge in [0.2, 0.25) is 5.91 Å². The number of nitrogens with one attached hydrogen (secondary N) is 1. The third kappa shape index (κ3) is 3.73. The second-order valence-electron chi connectivity index (χ2n) is 8.19. The first-order valence-corrected chi connectivity index (χ1v) is 10.1. The Morgan fingerprint density at radius 1 is 1.26 bits per heavy atom. The number of hydrogen-bond donors (Lipinski definition) is 1. The van der Waals surface area contributed by atoms with Crippen molar-refractivity contribution < 1.29 is 9.53 Å². The van der Waals surface area contributed by atoms with Gasteiger partial charge < -0.3 is 14.6 Å². The number of aromatic nitrogens is 2. The SMILES string of the molecule is CC(C)Oc1ccc(C2(C(=O)NCc3cncn3C3CC3)CCCC2)cc1. The molecule has 0 atom stereocenters. The van der Waals surface area contributed by atoms with E-state index in [0.717, 1.165) is 42.7 Å². The summed E-state index contributed by atoms with van der Waals surface area (Å²) in [6.45, 7) is 4.59.